The second kappa shape index (κ2) is 18.1. The molecular formula is C40H44Cl2SiZr. The van der Waals surface area contributed by atoms with E-state index >= 15 is 0 Å². The number of benzene rings is 4. The number of fused-ring (bicyclic) bond motifs is 2. The molecule has 2 radical (unpaired) electrons. The molecule has 0 nitrogen and oxygen atoms in total. The number of aryl methyl sites for hydroxylation is 4. The molecule has 0 unspecified atom stereocenters. The van der Waals surface area contributed by atoms with E-state index in [0.717, 1.165) is 22.4 Å². The van der Waals surface area contributed by atoms with Crippen molar-refractivity contribution in [1.29, 1.82) is 0 Å². The summed E-state index contributed by atoms with van der Waals surface area (Å²) in [5, 5.41) is 5.48. The van der Waals surface area contributed by atoms with Crippen molar-refractivity contribution in [2.75, 3.05) is 0 Å². The van der Waals surface area contributed by atoms with E-state index in [1.807, 2.05) is 0 Å². The van der Waals surface area contributed by atoms with Gasteiger partial charge in [-0.05, 0) is 73.9 Å². The first kappa shape index (κ1) is 36.3. The number of halogens is 2. The Morgan fingerprint density at radius 1 is 0.568 bits per heavy atom. The Hall–Kier alpha value is -2.22. The predicted octanol–water partition coefficient (Wildman–Crippen LogP) is 13.0. The van der Waals surface area contributed by atoms with Gasteiger partial charge in [-0.15, -0.1) is 69.1 Å². The third-order valence-electron chi connectivity index (χ3n) is 8.23. The third-order valence-corrected chi connectivity index (χ3v) is 8.23. The van der Waals surface area contributed by atoms with Crippen molar-refractivity contribution in [2.24, 2.45) is 0 Å². The van der Waals surface area contributed by atoms with Crippen LogP contribution in [0.1, 0.15) is 47.2 Å². The van der Waals surface area contributed by atoms with Crippen LogP contribution in [-0.2, 0) is 33.7 Å². The summed E-state index contributed by atoms with van der Waals surface area (Å²) >= 11 is -0.826. The summed E-state index contributed by atoms with van der Waals surface area (Å²) in [6, 6.07) is 35.7. The second-order valence-corrected chi connectivity index (χ2v) is 15.8. The fourth-order valence-electron chi connectivity index (χ4n) is 5.56. The molecule has 0 atom stereocenters. The van der Waals surface area contributed by atoms with Gasteiger partial charge in [0.25, 0.3) is 0 Å². The van der Waals surface area contributed by atoms with E-state index in [1.54, 1.807) is 0 Å². The van der Waals surface area contributed by atoms with Gasteiger partial charge in [-0.25, -0.2) is 0 Å². The molecule has 226 valence electrons. The zero-order valence-corrected chi connectivity index (χ0v) is 32.4. The first-order valence-electron chi connectivity index (χ1n) is 15.3. The molecule has 6 rings (SSSR count). The van der Waals surface area contributed by atoms with Gasteiger partial charge in [0, 0.05) is 9.52 Å². The van der Waals surface area contributed by atoms with Crippen molar-refractivity contribution in [3.8, 4) is 22.3 Å². The van der Waals surface area contributed by atoms with Crippen LogP contribution in [0.25, 0.3) is 43.8 Å². The average molecular weight is 715 g/mol. The van der Waals surface area contributed by atoms with Crippen molar-refractivity contribution in [2.45, 2.75) is 67.5 Å². The summed E-state index contributed by atoms with van der Waals surface area (Å²) in [5.41, 5.74) is 13.8. The monoisotopic (exact) mass is 712 g/mol. The molecule has 6 aromatic rings. The molecule has 0 N–H and O–H groups in total. The topological polar surface area (TPSA) is 0 Å². The molecule has 44 heavy (non-hydrogen) atoms. The van der Waals surface area contributed by atoms with Gasteiger partial charge in [-0.3, -0.25) is 0 Å². The van der Waals surface area contributed by atoms with Gasteiger partial charge in [0.05, 0.1) is 0 Å². The molecule has 0 aromatic heterocycles. The minimum absolute atomic E-state index is 0.826. The summed E-state index contributed by atoms with van der Waals surface area (Å²) in [6.45, 7) is 17.5. The van der Waals surface area contributed by atoms with Crippen molar-refractivity contribution < 1.29 is 20.8 Å². The first-order chi connectivity index (χ1) is 21.2. The Morgan fingerprint density at radius 2 is 0.886 bits per heavy atom. The van der Waals surface area contributed by atoms with Crippen molar-refractivity contribution >= 4 is 48.1 Å². The molecule has 0 fully saturated rings. The standard InChI is InChI=1S/2C19H19.C2H6Si.2ClH.Zr/c2*1-4-15-11-16-8-6-10-18(19(16)12-15)17-9-5-7-13(2)14(17)3;1-3-2;;;/h2*5-12H,4H2,1-3H3;1-2H3;2*1H;/q2*-1;;;;+4/p-2. The van der Waals surface area contributed by atoms with Crippen molar-refractivity contribution in [3.63, 3.8) is 0 Å². The zero-order valence-electron chi connectivity index (χ0n) is 27.4. The fourth-order valence-corrected chi connectivity index (χ4v) is 5.56. The molecular weight excluding hydrogens is 671 g/mol. The Bertz CT molecular complexity index is 1640. The van der Waals surface area contributed by atoms with Gasteiger partial charge in [0.15, 0.2) is 0 Å². The Morgan fingerprint density at radius 3 is 1.23 bits per heavy atom. The third kappa shape index (κ3) is 8.95. The van der Waals surface area contributed by atoms with E-state index in [0.29, 0.717) is 0 Å². The van der Waals surface area contributed by atoms with Gasteiger partial charge < -0.3 is 0 Å². The zero-order chi connectivity index (χ0) is 32.2. The van der Waals surface area contributed by atoms with E-state index in [-0.39, 0.29) is 0 Å². The maximum atomic E-state index is 4.93. The summed E-state index contributed by atoms with van der Waals surface area (Å²) in [5.74, 6) is 0. The molecule has 0 heterocycles. The van der Waals surface area contributed by atoms with Gasteiger partial charge in [0.2, 0.25) is 0 Å². The summed E-state index contributed by atoms with van der Waals surface area (Å²) in [7, 11) is 11.0. The van der Waals surface area contributed by atoms with E-state index in [1.165, 1.54) is 77.2 Å². The SMILES string of the molecule is CCc1cc2c(-c3cccc(C)c3C)cccc2[cH-]1.CCc1cc2c(-c3cccc(C)c3C)cccc2[cH-]1.C[Si]C.[Cl][Zr+2][Cl]. The van der Waals surface area contributed by atoms with Crippen LogP contribution in [0, 0.1) is 27.7 Å². The molecule has 0 bridgehead atoms. The van der Waals surface area contributed by atoms with Crippen LogP contribution >= 0.6 is 17.0 Å². The maximum absolute atomic E-state index is 4.93. The fraction of sp³-hybridized carbons (Fsp3) is 0.250. The molecule has 4 heteroatoms. The summed E-state index contributed by atoms with van der Waals surface area (Å²) < 4.78 is 0. The first-order valence-corrected chi connectivity index (χ1v) is 23.6. The van der Waals surface area contributed by atoms with E-state index in [2.05, 4.69) is 152 Å². The van der Waals surface area contributed by atoms with Gasteiger partial charge >= 0.3 is 37.9 Å². The quantitative estimate of drug-likeness (QED) is 0.126. The van der Waals surface area contributed by atoms with Crippen LogP contribution in [0.2, 0.25) is 13.1 Å². The van der Waals surface area contributed by atoms with Gasteiger partial charge in [-0.1, -0.05) is 86.6 Å². The van der Waals surface area contributed by atoms with Gasteiger partial charge in [0.1, 0.15) is 0 Å². The molecule has 0 spiro atoms. The Labute approximate surface area is 287 Å². The van der Waals surface area contributed by atoms with Crippen LogP contribution in [-0.4, -0.2) is 9.52 Å². The van der Waals surface area contributed by atoms with E-state index < -0.39 is 20.8 Å². The molecule has 6 aromatic carbocycles. The summed E-state index contributed by atoms with van der Waals surface area (Å²) in [6.07, 6.45) is 2.20. The molecule has 0 aliphatic rings. The van der Waals surface area contributed by atoms with Crippen LogP contribution in [0.4, 0.5) is 0 Å². The molecule has 0 saturated heterocycles. The molecule has 0 aliphatic carbocycles. The number of rotatable bonds is 4. The Balaban J connectivity index is 0.000000204. The molecule has 0 amide bonds. The van der Waals surface area contributed by atoms with E-state index in [9.17, 15) is 0 Å². The average Bonchev–Trinajstić information content (AvgIpc) is 3.65. The van der Waals surface area contributed by atoms with Crippen LogP contribution in [0.5, 0.6) is 0 Å². The van der Waals surface area contributed by atoms with Crippen molar-refractivity contribution in [3.05, 3.63) is 130 Å². The van der Waals surface area contributed by atoms with Crippen LogP contribution in [0.15, 0.2) is 97.1 Å². The van der Waals surface area contributed by atoms with Gasteiger partial charge in [-0.2, -0.15) is 12.1 Å². The normalized spacial score (nSPS) is 10.2. The Kier molecular flexibility index (Phi) is 14.9. The van der Waals surface area contributed by atoms with Crippen LogP contribution < -0.4 is 0 Å². The van der Waals surface area contributed by atoms with Crippen molar-refractivity contribution in [1.82, 2.24) is 0 Å². The molecule has 0 aliphatic heterocycles. The van der Waals surface area contributed by atoms with E-state index in [4.69, 9.17) is 17.0 Å². The minimum atomic E-state index is -0.826. The molecule has 0 saturated carbocycles. The van der Waals surface area contributed by atoms with Crippen LogP contribution in [0.3, 0.4) is 0 Å². The number of hydrogen-bond donors (Lipinski definition) is 0. The predicted molar refractivity (Wildman–Crippen MR) is 197 cm³/mol. The second-order valence-electron chi connectivity index (χ2n) is 11.1. The summed E-state index contributed by atoms with van der Waals surface area (Å²) in [4.78, 5) is 0. The number of hydrogen-bond acceptors (Lipinski definition) is 0.